The molecular formula is C31H41F2N3O4. The number of carboxylic acid groups (broad SMARTS) is 1. The predicted octanol–water partition coefficient (Wildman–Crippen LogP) is 5.14. The molecule has 3 N–H and O–H groups in total. The van der Waals surface area contributed by atoms with Crippen LogP contribution >= 0.6 is 0 Å². The van der Waals surface area contributed by atoms with Gasteiger partial charge in [0.05, 0.1) is 5.60 Å². The van der Waals surface area contributed by atoms with Crippen LogP contribution in [0.1, 0.15) is 56.1 Å². The van der Waals surface area contributed by atoms with Gasteiger partial charge in [-0.2, -0.15) is 0 Å². The molecule has 2 fully saturated rings. The second kappa shape index (κ2) is 12.6. The van der Waals surface area contributed by atoms with E-state index in [0.717, 1.165) is 24.2 Å². The van der Waals surface area contributed by atoms with E-state index in [1.54, 1.807) is 19.1 Å². The van der Waals surface area contributed by atoms with Crippen molar-refractivity contribution in [1.29, 1.82) is 0 Å². The van der Waals surface area contributed by atoms with Crippen molar-refractivity contribution in [2.45, 2.75) is 63.5 Å². The molecule has 1 heterocycles. The molecule has 2 aliphatic rings. The van der Waals surface area contributed by atoms with Crippen LogP contribution in [0.3, 0.4) is 0 Å². The number of hydrogen-bond donors (Lipinski definition) is 3. The van der Waals surface area contributed by atoms with Crippen molar-refractivity contribution in [3.8, 4) is 11.1 Å². The number of aliphatic hydroxyl groups is 1. The van der Waals surface area contributed by atoms with Gasteiger partial charge in [0.1, 0.15) is 11.6 Å². The number of aryl methyl sites for hydroxylation is 1. The van der Waals surface area contributed by atoms with E-state index in [1.807, 2.05) is 11.9 Å². The number of carbonyl (C=O) groups is 2. The van der Waals surface area contributed by atoms with E-state index in [9.17, 15) is 24.2 Å². The van der Waals surface area contributed by atoms with E-state index in [0.29, 0.717) is 55.1 Å². The van der Waals surface area contributed by atoms with Crippen LogP contribution in [-0.2, 0) is 10.4 Å². The highest BCUT2D eigenvalue weighted by molar-refractivity contribution is 5.79. The van der Waals surface area contributed by atoms with Gasteiger partial charge in [-0.15, -0.1) is 0 Å². The highest BCUT2D eigenvalue weighted by Crippen LogP contribution is 2.45. The number of benzene rings is 2. The lowest BCUT2D eigenvalue weighted by Crippen LogP contribution is -2.50. The Morgan fingerprint density at radius 2 is 1.95 bits per heavy atom. The van der Waals surface area contributed by atoms with E-state index in [-0.39, 0.29) is 30.4 Å². The van der Waals surface area contributed by atoms with Crippen LogP contribution in [0.4, 0.5) is 13.6 Å². The van der Waals surface area contributed by atoms with Crippen LogP contribution in [0.5, 0.6) is 0 Å². The van der Waals surface area contributed by atoms with Gasteiger partial charge >= 0.3 is 6.09 Å². The summed E-state index contributed by atoms with van der Waals surface area (Å²) in [4.78, 5) is 27.9. The first-order valence-corrected chi connectivity index (χ1v) is 14.2. The number of halogens is 2. The molecule has 2 amide bonds. The summed E-state index contributed by atoms with van der Waals surface area (Å²) < 4.78 is 30.0. The number of rotatable bonds is 9. The van der Waals surface area contributed by atoms with E-state index < -0.39 is 29.2 Å². The maximum absolute atomic E-state index is 15.5. The maximum atomic E-state index is 15.5. The average molecular weight is 558 g/mol. The summed E-state index contributed by atoms with van der Waals surface area (Å²) >= 11 is 0. The van der Waals surface area contributed by atoms with Crippen molar-refractivity contribution in [3.63, 3.8) is 0 Å². The zero-order chi connectivity index (χ0) is 29.0. The van der Waals surface area contributed by atoms with Crippen molar-refractivity contribution >= 4 is 12.0 Å². The Labute approximate surface area is 235 Å². The Morgan fingerprint density at radius 1 is 1.18 bits per heavy atom. The van der Waals surface area contributed by atoms with Crippen LogP contribution in [0, 0.1) is 30.4 Å². The Bertz CT molecular complexity index is 1200. The third-order valence-electron chi connectivity index (χ3n) is 8.79. The molecule has 4 rings (SSSR count). The number of nitrogens with one attached hydrogen (secondary N) is 1. The lowest BCUT2D eigenvalue weighted by atomic mass is 9.72. The van der Waals surface area contributed by atoms with Gasteiger partial charge < -0.3 is 25.3 Å². The lowest BCUT2D eigenvalue weighted by molar-refractivity contribution is -0.141. The van der Waals surface area contributed by atoms with Gasteiger partial charge in [0, 0.05) is 50.1 Å². The monoisotopic (exact) mass is 557 g/mol. The molecule has 218 valence electrons. The highest BCUT2D eigenvalue weighted by atomic mass is 19.1. The minimum absolute atomic E-state index is 0.0616. The molecule has 7 nitrogen and oxygen atoms in total. The number of carbonyl (C=O) groups excluding carboxylic acids is 1. The van der Waals surface area contributed by atoms with Crippen LogP contribution in [-0.4, -0.2) is 71.8 Å². The Kier molecular flexibility index (Phi) is 9.46. The van der Waals surface area contributed by atoms with Gasteiger partial charge in [0.25, 0.3) is 0 Å². The molecule has 1 saturated carbocycles. The van der Waals surface area contributed by atoms with Gasteiger partial charge in [-0.3, -0.25) is 4.79 Å². The molecule has 4 atom stereocenters. The van der Waals surface area contributed by atoms with Crippen molar-refractivity contribution in [2.75, 3.05) is 33.7 Å². The molecule has 1 saturated heterocycles. The molecule has 1 aliphatic carbocycles. The van der Waals surface area contributed by atoms with Crippen LogP contribution in [0.2, 0.25) is 0 Å². The SMILES string of the molecule is CNC1CCC(C(=O)N2CCCC(C(O)(CCCN(C)C(=O)O)c3cccc(F)c3-c3cc(C)cc(F)c3)C2)C1. The number of hydrogen-bond acceptors (Lipinski definition) is 4. The molecular weight excluding hydrogens is 516 g/mol. The third-order valence-corrected chi connectivity index (χ3v) is 8.79. The first-order chi connectivity index (χ1) is 19.0. The summed E-state index contributed by atoms with van der Waals surface area (Å²) in [7, 11) is 3.37. The summed E-state index contributed by atoms with van der Waals surface area (Å²) in [5, 5.41) is 25.1. The highest BCUT2D eigenvalue weighted by Gasteiger charge is 2.44. The van der Waals surface area contributed by atoms with Gasteiger partial charge in [-0.25, -0.2) is 13.6 Å². The first kappa shape index (κ1) is 29.9. The third kappa shape index (κ3) is 6.47. The number of amides is 2. The standard InChI is InChI=1S/C31H41F2N3O4/c1-20-15-22(17-24(32)16-20)28-26(8-4-9-27(28)33)31(40,12-6-13-35(3)30(38)39)23-7-5-14-36(19-23)29(37)21-10-11-25(18-21)34-2/h4,8-9,15-17,21,23,25,34,40H,5-7,10-14,18-19H2,1-3H3,(H,38,39). The van der Waals surface area contributed by atoms with E-state index in [2.05, 4.69) is 5.32 Å². The summed E-state index contributed by atoms with van der Waals surface area (Å²) in [6, 6.07) is 9.16. The van der Waals surface area contributed by atoms with Gasteiger partial charge in [0.2, 0.25) is 5.91 Å². The normalized spacial score (nSPS) is 22.6. The molecule has 0 bridgehead atoms. The summed E-state index contributed by atoms with van der Waals surface area (Å²) in [6.45, 7) is 2.84. The predicted molar refractivity (Wildman–Crippen MR) is 150 cm³/mol. The van der Waals surface area contributed by atoms with Gasteiger partial charge in [0.15, 0.2) is 0 Å². The average Bonchev–Trinajstić information content (AvgIpc) is 3.41. The van der Waals surface area contributed by atoms with Crippen LogP contribution in [0.15, 0.2) is 36.4 Å². The molecule has 2 aromatic carbocycles. The topological polar surface area (TPSA) is 93.1 Å². The molecule has 0 spiro atoms. The summed E-state index contributed by atoms with van der Waals surface area (Å²) in [6.07, 6.45) is 3.29. The quantitative estimate of drug-likeness (QED) is 0.397. The number of nitrogens with zero attached hydrogens (tertiary/aromatic N) is 2. The van der Waals surface area contributed by atoms with Crippen molar-refractivity contribution in [2.24, 2.45) is 11.8 Å². The van der Waals surface area contributed by atoms with Crippen molar-refractivity contribution in [3.05, 3.63) is 59.2 Å². The zero-order valence-corrected chi connectivity index (χ0v) is 23.6. The first-order valence-electron chi connectivity index (χ1n) is 14.2. The van der Waals surface area contributed by atoms with Crippen molar-refractivity contribution < 1.29 is 28.6 Å². The Morgan fingerprint density at radius 3 is 2.62 bits per heavy atom. The van der Waals surface area contributed by atoms with E-state index >= 15 is 4.39 Å². The number of likely N-dealkylation sites (tertiary alicyclic amines) is 1. The lowest BCUT2D eigenvalue weighted by Gasteiger charge is -2.44. The molecule has 0 radical (unpaired) electrons. The molecule has 0 aromatic heterocycles. The minimum Gasteiger partial charge on any atom is -0.465 e. The van der Waals surface area contributed by atoms with Crippen LogP contribution < -0.4 is 5.32 Å². The zero-order valence-electron chi connectivity index (χ0n) is 23.6. The molecule has 4 unspecified atom stereocenters. The molecule has 2 aromatic rings. The summed E-state index contributed by atoms with van der Waals surface area (Å²) in [5.41, 5.74) is -0.138. The second-order valence-corrected chi connectivity index (χ2v) is 11.5. The van der Waals surface area contributed by atoms with Gasteiger partial charge in [-0.1, -0.05) is 18.2 Å². The molecule has 40 heavy (non-hydrogen) atoms. The Balaban J connectivity index is 1.70. The van der Waals surface area contributed by atoms with Gasteiger partial charge in [-0.05, 0) is 93.8 Å². The molecule has 1 aliphatic heterocycles. The van der Waals surface area contributed by atoms with E-state index in [4.69, 9.17) is 0 Å². The second-order valence-electron chi connectivity index (χ2n) is 11.5. The fraction of sp³-hybridized carbons (Fsp3) is 0.548. The molecule has 9 heteroatoms. The van der Waals surface area contributed by atoms with E-state index in [1.165, 1.54) is 31.3 Å². The largest absolute Gasteiger partial charge is 0.465 e. The Hall–Kier alpha value is -3.04. The number of piperidine rings is 1. The summed E-state index contributed by atoms with van der Waals surface area (Å²) in [5.74, 6) is -1.45. The fourth-order valence-electron chi connectivity index (χ4n) is 6.59. The smallest absolute Gasteiger partial charge is 0.407 e. The fourth-order valence-corrected chi connectivity index (χ4v) is 6.59. The van der Waals surface area contributed by atoms with Crippen LogP contribution in [0.25, 0.3) is 11.1 Å². The van der Waals surface area contributed by atoms with Crippen molar-refractivity contribution in [1.82, 2.24) is 15.1 Å². The minimum atomic E-state index is -1.57. The maximum Gasteiger partial charge on any atom is 0.407 e.